The highest BCUT2D eigenvalue weighted by molar-refractivity contribution is 5.85. The maximum Gasteiger partial charge on any atom is 0.329 e. The van der Waals surface area contributed by atoms with Crippen LogP contribution in [-0.2, 0) is 9.53 Å². The zero-order chi connectivity index (χ0) is 27.0. The fraction of sp³-hybridized carbons (Fsp3) is 0.312. The van der Waals surface area contributed by atoms with E-state index in [0.29, 0.717) is 36.7 Å². The summed E-state index contributed by atoms with van der Waals surface area (Å²) in [5.41, 5.74) is 4.27. The zero-order valence-electron chi connectivity index (χ0n) is 22.2. The summed E-state index contributed by atoms with van der Waals surface area (Å²) in [5.74, 6) is -1.11. The van der Waals surface area contributed by atoms with E-state index < -0.39 is 11.9 Å². The van der Waals surface area contributed by atoms with Crippen molar-refractivity contribution >= 4 is 22.8 Å². The Morgan fingerprint density at radius 1 is 0.872 bits per heavy atom. The van der Waals surface area contributed by atoms with Gasteiger partial charge in [-0.3, -0.25) is 9.69 Å². The van der Waals surface area contributed by atoms with Gasteiger partial charge in [0.15, 0.2) is 11.7 Å². The van der Waals surface area contributed by atoms with E-state index in [1.165, 1.54) is 11.1 Å². The molecule has 0 saturated carbocycles. The molecule has 5 rings (SSSR count). The molecule has 39 heavy (non-hydrogen) atoms. The van der Waals surface area contributed by atoms with E-state index in [9.17, 15) is 10.1 Å². The molecule has 0 radical (unpaired) electrons. The molecule has 7 nitrogen and oxygen atoms in total. The number of fused-ring (bicyclic) bond motifs is 1. The Morgan fingerprint density at radius 2 is 1.44 bits per heavy atom. The number of ether oxygens (including phenoxy) is 1. The number of unbranched alkanes of at least 4 members (excludes halogenated alkanes) is 1. The molecule has 1 fully saturated rings. The Morgan fingerprint density at radius 3 is 2.00 bits per heavy atom. The van der Waals surface area contributed by atoms with Crippen LogP contribution in [0.3, 0.4) is 0 Å². The molecule has 198 valence electrons. The Bertz CT molecular complexity index is 1390. The Labute approximate surface area is 229 Å². The second-order valence-corrected chi connectivity index (χ2v) is 9.75. The molecule has 0 spiro atoms. The summed E-state index contributed by atoms with van der Waals surface area (Å²) in [7, 11) is 0. The SMILES string of the molecule is CCCCOC(=O)[C@H](C#N)c1nc2ccccc2nc1N1CCN(C(c2ccccc2)c2ccccc2)CC1. The molecule has 1 aliphatic heterocycles. The average Bonchev–Trinajstić information content (AvgIpc) is 2.99. The highest BCUT2D eigenvalue weighted by Crippen LogP contribution is 2.32. The molecule has 0 bridgehead atoms. The lowest BCUT2D eigenvalue weighted by atomic mass is 9.96. The minimum absolute atomic E-state index is 0.136. The van der Waals surface area contributed by atoms with Crippen molar-refractivity contribution in [3.8, 4) is 6.07 Å². The fourth-order valence-corrected chi connectivity index (χ4v) is 5.13. The van der Waals surface area contributed by atoms with Crippen LogP contribution in [0.1, 0.15) is 48.5 Å². The molecule has 1 aromatic heterocycles. The summed E-state index contributed by atoms with van der Waals surface area (Å²) >= 11 is 0. The molecule has 2 heterocycles. The maximum absolute atomic E-state index is 12.9. The first kappa shape index (κ1) is 26.3. The van der Waals surface area contributed by atoms with Gasteiger partial charge in [0.2, 0.25) is 0 Å². The van der Waals surface area contributed by atoms with Crippen molar-refractivity contribution in [2.45, 2.75) is 31.7 Å². The normalized spacial score (nSPS) is 14.7. The molecule has 1 aliphatic rings. The minimum Gasteiger partial charge on any atom is -0.464 e. The number of anilines is 1. The van der Waals surface area contributed by atoms with E-state index in [1.807, 2.05) is 43.3 Å². The highest BCUT2D eigenvalue weighted by atomic mass is 16.5. The van der Waals surface area contributed by atoms with Crippen LogP contribution in [0.15, 0.2) is 84.9 Å². The maximum atomic E-state index is 12.9. The second-order valence-electron chi connectivity index (χ2n) is 9.75. The molecule has 4 aromatic rings. The second kappa shape index (κ2) is 12.5. The van der Waals surface area contributed by atoms with Crippen LogP contribution in [0.25, 0.3) is 11.0 Å². The third-order valence-electron chi connectivity index (χ3n) is 7.17. The van der Waals surface area contributed by atoms with Crippen molar-refractivity contribution in [1.29, 1.82) is 5.26 Å². The van der Waals surface area contributed by atoms with Crippen molar-refractivity contribution in [3.63, 3.8) is 0 Å². The highest BCUT2D eigenvalue weighted by Gasteiger charge is 2.33. The molecule has 7 heteroatoms. The van der Waals surface area contributed by atoms with Gasteiger partial charge in [-0.2, -0.15) is 5.26 Å². The molecule has 3 aromatic carbocycles. The third kappa shape index (κ3) is 5.92. The van der Waals surface area contributed by atoms with Gasteiger partial charge in [-0.05, 0) is 29.7 Å². The number of hydrogen-bond acceptors (Lipinski definition) is 7. The number of carbonyl (C=O) groups is 1. The van der Waals surface area contributed by atoms with Gasteiger partial charge in [-0.25, -0.2) is 9.97 Å². The van der Waals surface area contributed by atoms with E-state index in [0.717, 1.165) is 31.4 Å². The first-order valence-electron chi connectivity index (χ1n) is 13.6. The van der Waals surface area contributed by atoms with Gasteiger partial charge < -0.3 is 9.64 Å². The molecule has 0 aliphatic carbocycles. The van der Waals surface area contributed by atoms with Gasteiger partial charge in [-0.1, -0.05) is 86.1 Å². The molecular weight excluding hydrogens is 486 g/mol. The van der Waals surface area contributed by atoms with Crippen LogP contribution in [0.4, 0.5) is 5.82 Å². The summed E-state index contributed by atoms with van der Waals surface area (Å²) in [4.78, 5) is 27.3. The van der Waals surface area contributed by atoms with Gasteiger partial charge in [0.05, 0.1) is 29.8 Å². The summed E-state index contributed by atoms with van der Waals surface area (Å²) in [6.07, 6.45) is 1.66. The molecule has 1 atom stereocenters. The molecule has 0 N–H and O–H groups in total. The number of piperazine rings is 1. The van der Waals surface area contributed by atoms with Crippen molar-refractivity contribution in [2.75, 3.05) is 37.7 Å². The molecule has 0 amide bonds. The molecule has 0 unspecified atom stereocenters. The largest absolute Gasteiger partial charge is 0.464 e. The predicted molar refractivity (Wildman–Crippen MR) is 152 cm³/mol. The number of nitrogens with zero attached hydrogens (tertiary/aromatic N) is 5. The lowest BCUT2D eigenvalue weighted by molar-refractivity contribution is -0.144. The summed E-state index contributed by atoms with van der Waals surface area (Å²) < 4.78 is 5.43. The number of benzene rings is 3. The zero-order valence-corrected chi connectivity index (χ0v) is 22.2. The number of carbonyl (C=O) groups excluding carboxylic acids is 1. The summed E-state index contributed by atoms with van der Waals surface area (Å²) in [5, 5.41) is 10.0. The molecule has 1 saturated heterocycles. The monoisotopic (exact) mass is 519 g/mol. The van der Waals surface area contributed by atoms with E-state index in [1.54, 1.807) is 0 Å². The van der Waals surface area contributed by atoms with E-state index in [2.05, 4.69) is 64.4 Å². The minimum atomic E-state index is -1.13. The van der Waals surface area contributed by atoms with E-state index in [-0.39, 0.29) is 6.04 Å². The van der Waals surface area contributed by atoms with Crippen LogP contribution in [0.5, 0.6) is 0 Å². The first-order valence-corrected chi connectivity index (χ1v) is 13.6. The van der Waals surface area contributed by atoms with Gasteiger partial charge >= 0.3 is 5.97 Å². The van der Waals surface area contributed by atoms with Crippen LogP contribution >= 0.6 is 0 Å². The van der Waals surface area contributed by atoms with Crippen LogP contribution in [0.2, 0.25) is 0 Å². The number of para-hydroxylation sites is 2. The Hall–Kier alpha value is -4.28. The number of rotatable bonds is 9. The third-order valence-corrected chi connectivity index (χ3v) is 7.17. The quantitative estimate of drug-likeness (QED) is 0.214. The Balaban J connectivity index is 1.43. The summed E-state index contributed by atoms with van der Waals surface area (Å²) in [6.45, 7) is 5.30. The van der Waals surface area contributed by atoms with Crippen molar-refractivity contribution in [3.05, 3.63) is 102 Å². The smallest absolute Gasteiger partial charge is 0.329 e. The topological polar surface area (TPSA) is 82.3 Å². The lowest BCUT2D eigenvalue weighted by Crippen LogP contribution is -2.48. The van der Waals surface area contributed by atoms with Gasteiger partial charge in [0, 0.05) is 26.2 Å². The number of hydrogen-bond donors (Lipinski definition) is 0. The summed E-state index contributed by atoms with van der Waals surface area (Å²) in [6, 6.07) is 31.0. The Kier molecular flexibility index (Phi) is 8.45. The van der Waals surface area contributed by atoms with E-state index >= 15 is 0 Å². The predicted octanol–water partition coefficient (Wildman–Crippen LogP) is 5.49. The molecular formula is C32H33N5O2. The van der Waals surface area contributed by atoms with E-state index in [4.69, 9.17) is 14.7 Å². The number of nitriles is 1. The van der Waals surface area contributed by atoms with Crippen molar-refractivity contribution < 1.29 is 9.53 Å². The fourth-order valence-electron chi connectivity index (χ4n) is 5.13. The number of aromatic nitrogens is 2. The average molecular weight is 520 g/mol. The first-order chi connectivity index (χ1) is 19.2. The number of esters is 1. The van der Waals surface area contributed by atoms with Gasteiger partial charge in [-0.15, -0.1) is 0 Å². The standard InChI is InChI=1S/C32H33N5O2/c1-2-3-22-39-32(38)26(23-33)29-31(35-28-17-11-10-16-27(28)34-29)37-20-18-36(19-21-37)30(24-12-6-4-7-13-24)25-14-8-5-9-15-25/h4-17,26,30H,2-3,18-22H2,1H3/t26-/m1/s1. The van der Waals surface area contributed by atoms with Crippen molar-refractivity contribution in [2.24, 2.45) is 0 Å². The van der Waals surface area contributed by atoms with Crippen molar-refractivity contribution in [1.82, 2.24) is 14.9 Å². The van der Waals surface area contributed by atoms with Crippen LogP contribution < -0.4 is 4.90 Å². The van der Waals surface area contributed by atoms with Gasteiger partial charge in [0.1, 0.15) is 5.69 Å². The van der Waals surface area contributed by atoms with Crippen LogP contribution in [-0.4, -0.2) is 53.6 Å². The lowest BCUT2D eigenvalue weighted by Gasteiger charge is -2.40. The van der Waals surface area contributed by atoms with Gasteiger partial charge in [0.25, 0.3) is 0 Å². The van der Waals surface area contributed by atoms with Crippen LogP contribution in [0, 0.1) is 11.3 Å².